The van der Waals surface area contributed by atoms with Crippen molar-refractivity contribution >= 4 is 9.24 Å². The summed E-state index contributed by atoms with van der Waals surface area (Å²) >= 11 is 0. The van der Waals surface area contributed by atoms with Crippen LogP contribution in [0.15, 0.2) is 0 Å². The van der Waals surface area contributed by atoms with Gasteiger partial charge in [-0.1, -0.05) is 23.1 Å². The van der Waals surface area contributed by atoms with Crippen molar-refractivity contribution in [3.8, 4) is 0 Å². The third-order valence-corrected chi connectivity index (χ3v) is 1.87. The van der Waals surface area contributed by atoms with Gasteiger partial charge in [0.2, 0.25) is 0 Å². The predicted molar refractivity (Wildman–Crippen MR) is 42.4 cm³/mol. The predicted octanol–water partition coefficient (Wildman–Crippen LogP) is 1.55. The van der Waals surface area contributed by atoms with Crippen LogP contribution in [0.4, 0.5) is 4.39 Å². The Morgan fingerprint density at radius 3 is 2.44 bits per heavy atom. The van der Waals surface area contributed by atoms with E-state index in [0.717, 1.165) is 6.54 Å². The number of hydrogen-bond acceptors (Lipinski definition) is 1. The molecule has 0 spiro atoms. The van der Waals surface area contributed by atoms with E-state index in [2.05, 4.69) is 14.6 Å². The minimum Gasteiger partial charge on any atom is -0.313 e. The van der Waals surface area contributed by atoms with Crippen molar-refractivity contribution in [3.05, 3.63) is 0 Å². The maximum absolute atomic E-state index is 12.9. The molecule has 0 bridgehead atoms. The molecule has 2 atom stereocenters. The van der Waals surface area contributed by atoms with Crippen LogP contribution < -0.4 is 5.32 Å². The van der Waals surface area contributed by atoms with E-state index >= 15 is 0 Å². The van der Waals surface area contributed by atoms with Crippen LogP contribution in [0.3, 0.4) is 0 Å². The van der Waals surface area contributed by atoms with Crippen LogP contribution in [0.1, 0.15) is 20.3 Å². The Morgan fingerprint density at radius 1 is 1.56 bits per heavy atom. The van der Waals surface area contributed by atoms with E-state index in [0.29, 0.717) is 13.0 Å². The number of rotatable bonds is 4. The van der Waals surface area contributed by atoms with Crippen molar-refractivity contribution in [1.29, 1.82) is 0 Å². The molecular weight excluding hydrogens is 136 g/mol. The molecule has 2 unspecified atom stereocenters. The Morgan fingerprint density at radius 2 is 2.11 bits per heavy atom. The Kier molecular flexibility index (Phi) is 4.33. The second-order valence-electron chi connectivity index (χ2n) is 2.17. The third kappa shape index (κ3) is 4.80. The Labute approximate surface area is 58.6 Å². The first kappa shape index (κ1) is 9.32. The molecule has 0 saturated carbocycles. The lowest BCUT2D eigenvalue weighted by molar-refractivity contribution is 0.269. The van der Waals surface area contributed by atoms with Gasteiger partial charge in [-0.2, -0.15) is 0 Å². The van der Waals surface area contributed by atoms with Gasteiger partial charge in [0.15, 0.2) is 0 Å². The summed E-state index contributed by atoms with van der Waals surface area (Å²) in [5.74, 6) is 0. The molecule has 0 saturated heterocycles. The van der Waals surface area contributed by atoms with Crippen molar-refractivity contribution in [1.82, 2.24) is 5.32 Å². The highest BCUT2D eigenvalue weighted by molar-refractivity contribution is 7.18. The highest BCUT2D eigenvalue weighted by atomic mass is 31.0. The second kappa shape index (κ2) is 4.19. The highest BCUT2D eigenvalue weighted by Crippen LogP contribution is 2.22. The standard InChI is InChI=1S/C6H15FNP/c1-3-6(7,9)5-8-4-2/h8H,3-5,9H2,1-2H3. The zero-order valence-corrected chi connectivity index (χ0v) is 7.23. The molecule has 0 aliphatic rings. The fourth-order valence-electron chi connectivity index (χ4n) is 0.458. The maximum Gasteiger partial charge on any atom is 0.135 e. The van der Waals surface area contributed by atoms with Crippen molar-refractivity contribution in [2.75, 3.05) is 13.1 Å². The molecule has 0 aliphatic carbocycles. The molecule has 1 N–H and O–H groups in total. The lowest BCUT2D eigenvalue weighted by Crippen LogP contribution is -2.30. The van der Waals surface area contributed by atoms with E-state index < -0.39 is 5.41 Å². The first-order valence-electron chi connectivity index (χ1n) is 3.31. The Balaban J connectivity index is 3.33. The molecule has 0 radical (unpaired) electrons. The van der Waals surface area contributed by atoms with Crippen molar-refractivity contribution < 1.29 is 4.39 Å². The van der Waals surface area contributed by atoms with Gasteiger partial charge < -0.3 is 5.32 Å². The van der Waals surface area contributed by atoms with Crippen LogP contribution in [0.2, 0.25) is 0 Å². The summed E-state index contributed by atoms with van der Waals surface area (Å²) in [6, 6.07) is 0. The molecule has 0 fully saturated rings. The minimum atomic E-state index is -1.10. The van der Waals surface area contributed by atoms with Gasteiger partial charge in [-0.25, -0.2) is 4.39 Å². The van der Waals surface area contributed by atoms with E-state index in [4.69, 9.17) is 0 Å². The molecule has 0 aromatic rings. The molecule has 0 aromatic carbocycles. The smallest absolute Gasteiger partial charge is 0.135 e. The molecule has 0 rings (SSSR count). The van der Waals surface area contributed by atoms with Gasteiger partial charge in [0, 0.05) is 6.54 Å². The largest absolute Gasteiger partial charge is 0.313 e. The maximum atomic E-state index is 12.9. The molecule has 1 nitrogen and oxygen atoms in total. The average molecular weight is 151 g/mol. The Bertz CT molecular complexity index is 75.5. The number of alkyl halides is 1. The fourth-order valence-corrected chi connectivity index (χ4v) is 0.602. The normalized spacial score (nSPS) is 17.3. The van der Waals surface area contributed by atoms with Gasteiger partial charge in [-0.3, -0.25) is 0 Å². The molecule has 3 heteroatoms. The summed E-state index contributed by atoms with van der Waals surface area (Å²) < 4.78 is 12.9. The summed E-state index contributed by atoms with van der Waals surface area (Å²) in [7, 11) is 2.21. The summed E-state index contributed by atoms with van der Waals surface area (Å²) in [6.45, 7) is 5.07. The minimum absolute atomic E-state index is 0.435. The van der Waals surface area contributed by atoms with E-state index in [9.17, 15) is 4.39 Å². The van der Waals surface area contributed by atoms with Crippen LogP contribution in [0, 0.1) is 0 Å². The van der Waals surface area contributed by atoms with Crippen LogP contribution in [0.25, 0.3) is 0 Å². The zero-order valence-electron chi connectivity index (χ0n) is 6.08. The van der Waals surface area contributed by atoms with Crippen molar-refractivity contribution in [3.63, 3.8) is 0 Å². The van der Waals surface area contributed by atoms with E-state index in [1.54, 1.807) is 0 Å². The van der Waals surface area contributed by atoms with Gasteiger partial charge in [0.05, 0.1) is 0 Å². The topological polar surface area (TPSA) is 12.0 Å². The van der Waals surface area contributed by atoms with Gasteiger partial charge in [0.1, 0.15) is 5.41 Å². The SMILES string of the molecule is CCNCC(F)(P)CC. The quantitative estimate of drug-likeness (QED) is 0.601. The van der Waals surface area contributed by atoms with Gasteiger partial charge in [-0.05, 0) is 13.0 Å². The van der Waals surface area contributed by atoms with E-state index in [1.807, 2.05) is 13.8 Å². The summed E-state index contributed by atoms with van der Waals surface area (Å²) in [6.07, 6.45) is 0.546. The lowest BCUT2D eigenvalue weighted by Gasteiger charge is -2.17. The Hall–Kier alpha value is 0.320. The molecule has 0 aliphatic heterocycles. The number of hydrogen-bond donors (Lipinski definition) is 1. The van der Waals surface area contributed by atoms with Gasteiger partial charge in [0.25, 0.3) is 0 Å². The number of halogens is 1. The van der Waals surface area contributed by atoms with Crippen molar-refractivity contribution in [2.24, 2.45) is 0 Å². The first-order chi connectivity index (χ1) is 4.12. The summed E-state index contributed by atoms with van der Waals surface area (Å²) in [4.78, 5) is 0. The highest BCUT2D eigenvalue weighted by Gasteiger charge is 2.18. The van der Waals surface area contributed by atoms with Gasteiger partial charge >= 0.3 is 0 Å². The van der Waals surface area contributed by atoms with Crippen molar-refractivity contribution in [2.45, 2.75) is 25.7 Å². The fraction of sp³-hybridized carbons (Fsp3) is 1.00. The molecule has 0 amide bonds. The van der Waals surface area contributed by atoms with E-state index in [1.165, 1.54) is 0 Å². The van der Waals surface area contributed by atoms with Crippen LogP contribution in [-0.2, 0) is 0 Å². The third-order valence-electron chi connectivity index (χ3n) is 1.26. The van der Waals surface area contributed by atoms with Crippen LogP contribution in [-0.4, -0.2) is 18.5 Å². The average Bonchev–Trinajstić information content (AvgIpc) is 1.84. The van der Waals surface area contributed by atoms with Crippen LogP contribution >= 0.6 is 9.24 Å². The molecule has 56 valence electrons. The zero-order chi connectivity index (χ0) is 7.33. The second-order valence-corrected chi connectivity index (χ2v) is 3.20. The summed E-state index contributed by atoms with van der Waals surface area (Å²) in [5, 5.41) is 1.84. The molecule has 0 aromatic heterocycles. The molecule has 9 heavy (non-hydrogen) atoms. The summed E-state index contributed by atoms with van der Waals surface area (Å²) in [5.41, 5.74) is 0. The first-order valence-corrected chi connectivity index (χ1v) is 3.88. The lowest BCUT2D eigenvalue weighted by atomic mass is 10.3. The van der Waals surface area contributed by atoms with E-state index in [-0.39, 0.29) is 0 Å². The monoisotopic (exact) mass is 151 g/mol. The molecule has 0 heterocycles. The molecular formula is C6H15FNP. The van der Waals surface area contributed by atoms with Crippen LogP contribution in [0.5, 0.6) is 0 Å². The number of nitrogens with one attached hydrogen (secondary N) is 1. The van der Waals surface area contributed by atoms with Gasteiger partial charge in [-0.15, -0.1) is 0 Å².